The molecular weight excluding hydrogens is 388 g/mol. The predicted molar refractivity (Wildman–Crippen MR) is 109 cm³/mol. The molecule has 1 saturated carbocycles. The number of imide groups is 1. The third-order valence-corrected chi connectivity index (χ3v) is 6.23. The van der Waals surface area contributed by atoms with Crippen molar-refractivity contribution in [2.45, 2.75) is 57.0 Å². The molecule has 160 valence electrons. The summed E-state index contributed by atoms with van der Waals surface area (Å²) in [6.07, 6.45) is 4.28. The van der Waals surface area contributed by atoms with Crippen molar-refractivity contribution >= 4 is 35.1 Å². The number of nitrogens with one attached hydrogen (secondary N) is 2. The number of amides is 5. The Bertz CT molecular complexity index is 909. The molecule has 1 spiro atoms. The van der Waals surface area contributed by atoms with Gasteiger partial charge in [-0.25, -0.2) is 9.69 Å². The zero-order valence-corrected chi connectivity index (χ0v) is 17.2. The molecule has 0 aromatic heterocycles. The maximum atomic E-state index is 12.9. The molecule has 2 saturated heterocycles. The Labute approximate surface area is 174 Å². The third-order valence-electron chi connectivity index (χ3n) is 6.23. The van der Waals surface area contributed by atoms with Crippen LogP contribution in [0.5, 0.6) is 5.75 Å². The largest absolute Gasteiger partial charge is 0.494 e. The van der Waals surface area contributed by atoms with Crippen LogP contribution < -0.4 is 20.3 Å². The third kappa shape index (κ3) is 3.28. The van der Waals surface area contributed by atoms with Crippen molar-refractivity contribution in [3.05, 3.63) is 18.2 Å². The van der Waals surface area contributed by atoms with E-state index in [1.54, 1.807) is 23.1 Å². The average molecular weight is 414 g/mol. The van der Waals surface area contributed by atoms with E-state index < -0.39 is 23.5 Å². The second-order valence-corrected chi connectivity index (χ2v) is 8.10. The van der Waals surface area contributed by atoms with Crippen LogP contribution in [0.25, 0.3) is 0 Å². The van der Waals surface area contributed by atoms with Gasteiger partial charge in [0.25, 0.3) is 5.91 Å². The number of carbonyl (C=O) groups excluding carboxylic acids is 4. The molecule has 1 unspecified atom stereocenters. The second kappa shape index (κ2) is 7.62. The van der Waals surface area contributed by atoms with Crippen LogP contribution in [0.2, 0.25) is 0 Å². The lowest BCUT2D eigenvalue weighted by Gasteiger charge is -2.24. The van der Waals surface area contributed by atoms with Crippen molar-refractivity contribution in [3.8, 4) is 5.75 Å². The predicted octanol–water partition coefficient (Wildman–Crippen LogP) is 2.01. The lowest BCUT2D eigenvalue weighted by atomic mass is 9.97. The highest BCUT2D eigenvalue weighted by molar-refractivity contribution is 6.11. The van der Waals surface area contributed by atoms with Gasteiger partial charge in [0.1, 0.15) is 17.3 Å². The van der Waals surface area contributed by atoms with Gasteiger partial charge in [0.2, 0.25) is 11.8 Å². The number of benzene rings is 1. The fourth-order valence-corrected chi connectivity index (χ4v) is 4.56. The molecule has 1 aliphatic carbocycles. The molecule has 0 radical (unpaired) electrons. The number of methoxy groups -OCH3 is 1. The fourth-order valence-electron chi connectivity index (χ4n) is 4.56. The molecule has 30 heavy (non-hydrogen) atoms. The summed E-state index contributed by atoms with van der Waals surface area (Å²) in [5, 5.41) is 5.54. The molecule has 9 heteroatoms. The van der Waals surface area contributed by atoms with Crippen LogP contribution in [0.1, 0.15) is 45.4 Å². The van der Waals surface area contributed by atoms with Crippen molar-refractivity contribution in [3.63, 3.8) is 0 Å². The number of rotatable bonds is 5. The first kappa shape index (κ1) is 20.2. The summed E-state index contributed by atoms with van der Waals surface area (Å²) in [6.45, 7) is 2.17. The number of carbonyl (C=O) groups is 4. The normalized spacial score (nSPS) is 21.3. The Morgan fingerprint density at radius 2 is 1.93 bits per heavy atom. The van der Waals surface area contributed by atoms with Gasteiger partial charge in [-0.2, -0.15) is 0 Å². The van der Waals surface area contributed by atoms with E-state index in [0.29, 0.717) is 42.9 Å². The molecule has 3 aliphatic rings. The summed E-state index contributed by atoms with van der Waals surface area (Å²) in [5.74, 6) is -0.289. The van der Waals surface area contributed by atoms with Gasteiger partial charge in [0.05, 0.1) is 12.8 Å². The highest BCUT2D eigenvalue weighted by Gasteiger charge is 2.54. The number of nitrogens with zero attached hydrogens (tertiary/aromatic N) is 2. The smallest absolute Gasteiger partial charge is 0.325 e. The zero-order valence-electron chi connectivity index (χ0n) is 17.2. The topological polar surface area (TPSA) is 108 Å². The Kier molecular flexibility index (Phi) is 5.13. The minimum Gasteiger partial charge on any atom is -0.494 e. The minimum absolute atomic E-state index is 0.0399. The highest BCUT2D eigenvalue weighted by atomic mass is 16.5. The summed E-state index contributed by atoms with van der Waals surface area (Å²) in [4.78, 5) is 52.8. The van der Waals surface area contributed by atoms with Gasteiger partial charge in [0.15, 0.2) is 0 Å². The first-order valence-corrected chi connectivity index (χ1v) is 10.3. The highest BCUT2D eigenvalue weighted by Crippen LogP contribution is 2.36. The van der Waals surface area contributed by atoms with Gasteiger partial charge in [-0.1, -0.05) is 12.8 Å². The molecule has 1 atom stereocenters. The summed E-state index contributed by atoms with van der Waals surface area (Å²) < 4.78 is 5.41. The fraction of sp³-hybridized carbons (Fsp3) is 0.524. The van der Waals surface area contributed by atoms with Crippen LogP contribution in [0.4, 0.5) is 16.2 Å². The monoisotopic (exact) mass is 414 g/mol. The van der Waals surface area contributed by atoms with Crippen molar-refractivity contribution in [2.75, 3.05) is 23.9 Å². The van der Waals surface area contributed by atoms with E-state index in [1.165, 1.54) is 14.0 Å². The van der Waals surface area contributed by atoms with Gasteiger partial charge in [-0.15, -0.1) is 0 Å². The molecule has 2 heterocycles. The Morgan fingerprint density at radius 3 is 2.57 bits per heavy atom. The van der Waals surface area contributed by atoms with Crippen molar-refractivity contribution in [1.82, 2.24) is 10.2 Å². The molecule has 4 rings (SSSR count). The average Bonchev–Trinajstić information content (AvgIpc) is 3.42. The summed E-state index contributed by atoms with van der Waals surface area (Å²) in [6, 6.07) is 3.56. The standard InChI is InChI=1S/C21H26N4O5/c1-13(25-19(28)21(23-20(25)29)9-3-4-10-21)18(27)22-14-7-8-15(16(12-14)30-2)24-11-5-6-17(24)26/h7-8,12-13H,3-6,9-11H2,1-2H3,(H,22,27)(H,23,29). The van der Waals surface area contributed by atoms with Crippen molar-refractivity contribution < 1.29 is 23.9 Å². The van der Waals surface area contributed by atoms with Crippen LogP contribution in [0, 0.1) is 0 Å². The number of hydrogen-bond donors (Lipinski definition) is 2. The van der Waals surface area contributed by atoms with Gasteiger partial charge >= 0.3 is 6.03 Å². The maximum Gasteiger partial charge on any atom is 0.325 e. The summed E-state index contributed by atoms with van der Waals surface area (Å²) in [5.41, 5.74) is 0.267. The van der Waals surface area contributed by atoms with E-state index in [0.717, 1.165) is 24.2 Å². The van der Waals surface area contributed by atoms with Gasteiger partial charge in [0, 0.05) is 24.7 Å². The first-order chi connectivity index (χ1) is 14.4. The SMILES string of the molecule is COc1cc(NC(=O)C(C)N2C(=O)NC3(CCCC3)C2=O)ccc1N1CCCC1=O. The van der Waals surface area contributed by atoms with Gasteiger partial charge in [-0.3, -0.25) is 14.4 Å². The Balaban J connectivity index is 1.49. The summed E-state index contributed by atoms with van der Waals surface area (Å²) >= 11 is 0. The maximum absolute atomic E-state index is 12.9. The minimum atomic E-state index is -0.955. The zero-order chi connectivity index (χ0) is 21.5. The Morgan fingerprint density at radius 1 is 1.20 bits per heavy atom. The number of hydrogen-bond acceptors (Lipinski definition) is 5. The van der Waals surface area contributed by atoms with E-state index >= 15 is 0 Å². The quantitative estimate of drug-likeness (QED) is 0.717. The molecule has 2 aliphatic heterocycles. The first-order valence-electron chi connectivity index (χ1n) is 10.3. The van der Waals surface area contributed by atoms with E-state index in [4.69, 9.17) is 4.74 Å². The number of anilines is 2. The van der Waals surface area contributed by atoms with E-state index in [1.807, 2.05) is 0 Å². The van der Waals surface area contributed by atoms with Crippen molar-refractivity contribution in [2.24, 2.45) is 0 Å². The van der Waals surface area contributed by atoms with Crippen LogP contribution >= 0.6 is 0 Å². The number of urea groups is 1. The summed E-state index contributed by atoms with van der Waals surface area (Å²) in [7, 11) is 1.50. The molecule has 0 bridgehead atoms. The van der Waals surface area contributed by atoms with Gasteiger partial charge in [-0.05, 0) is 38.3 Å². The molecule has 1 aromatic carbocycles. The molecule has 2 N–H and O–H groups in total. The number of ether oxygens (including phenoxy) is 1. The van der Waals surface area contributed by atoms with Crippen LogP contribution in [0.15, 0.2) is 18.2 Å². The van der Waals surface area contributed by atoms with E-state index in [2.05, 4.69) is 10.6 Å². The lowest BCUT2D eigenvalue weighted by molar-refractivity contribution is -0.136. The molecule has 3 fully saturated rings. The van der Waals surface area contributed by atoms with Crippen LogP contribution in [-0.2, 0) is 14.4 Å². The molecular formula is C21H26N4O5. The van der Waals surface area contributed by atoms with Gasteiger partial charge < -0.3 is 20.3 Å². The lowest BCUT2D eigenvalue weighted by Crippen LogP contribution is -2.48. The van der Waals surface area contributed by atoms with Crippen molar-refractivity contribution in [1.29, 1.82) is 0 Å². The van der Waals surface area contributed by atoms with Crippen LogP contribution in [0.3, 0.4) is 0 Å². The van der Waals surface area contributed by atoms with Crippen LogP contribution in [-0.4, -0.2) is 53.9 Å². The van der Waals surface area contributed by atoms with E-state index in [-0.39, 0.29) is 11.8 Å². The van der Waals surface area contributed by atoms with E-state index in [9.17, 15) is 19.2 Å². The molecule has 5 amide bonds. The Hall–Kier alpha value is -3.10. The second-order valence-electron chi connectivity index (χ2n) is 8.10. The molecule has 9 nitrogen and oxygen atoms in total. The molecule has 1 aromatic rings.